The molecular formula is C18H20ClFN2O2. The van der Waals surface area contributed by atoms with Gasteiger partial charge in [-0.05, 0) is 48.2 Å². The molecule has 0 saturated carbocycles. The van der Waals surface area contributed by atoms with Crippen LogP contribution in [0.25, 0.3) is 11.1 Å². The number of hydrogen-bond acceptors (Lipinski definition) is 2. The monoisotopic (exact) mass is 350 g/mol. The van der Waals surface area contributed by atoms with Crippen LogP contribution in [-0.4, -0.2) is 29.8 Å². The van der Waals surface area contributed by atoms with Crippen molar-refractivity contribution in [2.75, 3.05) is 6.54 Å². The first kappa shape index (κ1) is 18.2. The lowest BCUT2D eigenvalue weighted by atomic mass is 9.97. The molecule has 1 aliphatic rings. The van der Waals surface area contributed by atoms with Crippen LogP contribution in [0.4, 0.5) is 9.18 Å². The maximum absolute atomic E-state index is 13.4. The molecule has 3 rings (SSSR count). The maximum Gasteiger partial charge on any atom is 0.404 e. The molecule has 1 saturated heterocycles. The van der Waals surface area contributed by atoms with Gasteiger partial charge in [-0.1, -0.05) is 36.4 Å². The van der Waals surface area contributed by atoms with Crippen molar-refractivity contribution in [1.29, 1.82) is 0 Å². The summed E-state index contributed by atoms with van der Waals surface area (Å²) >= 11 is 0. The molecule has 4 nitrogen and oxygen atoms in total. The van der Waals surface area contributed by atoms with Crippen LogP contribution >= 0.6 is 12.4 Å². The molecule has 3 N–H and O–H groups in total. The molecule has 0 radical (unpaired) electrons. The summed E-state index contributed by atoms with van der Waals surface area (Å²) in [6, 6.07) is 14.5. The average molecular weight is 351 g/mol. The van der Waals surface area contributed by atoms with E-state index in [-0.39, 0.29) is 30.3 Å². The first-order chi connectivity index (χ1) is 11.1. The highest BCUT2D eigenvalue weighted by atomic mass is 35.5. The van der Waals surface area contributed by atoms with Crippen molar-refractivity contribution in [3.63, 3.8) is 0 Å². The molecule has 0 bridgehead atoms. The predicted molar refractivity (Wildman–Crippen MR) is 94.1 cm³/mol. The van der Waals surface area contributed by atoms with Crippen LogP contribution in [0.5, 0.6) is 0 Å². The molecule has 2 aromatic carbocycles. The van der Waals surface area contributed by atoms with E-state index in [1.165, 1.54) is 12.1 Å². The van der Waals surface area contributed by atoms with E-state index in [4.69, 9.17) is 5.11 Å². The minimum absolute atomic E-state index is 0. The Labute approximate surface area is 146 Å². The fraction of sp³-hybridized carbons (Fsp3) is 0.278. The zero-order valence-electron chi connectivity index (χ0n) is 13.0. The molecule has 6 heteroatoms. The number of benzene rings is 2. The highest BCUT2D eigenvalue weighted by Gasteiger charge is 2.28. The molecule has 0 unspecified atom stereocenters. The van der Waals surface area contributed by atoms with Crippen LogP contribution in [-0.2, 0) is 6.42 Å². The molecular weight excluding hydrogens is 331 g/mol. The number of carbonyl (C=O) groups is 1. The third-order valence-corrected chi connectivity index (χ3v) is 4.20. The van der Waals surface area contributed by atoms with Gasteiger partial charge < -0.3 is 15.7 Å². The molecule has 2 atom stereocenters. The third kappa shape index (κ3) is 4.46. The summed E-state index contributed by atoms with van der Waals surface area (Å²) in [5.74, 6) is -0.254. The SMILES string of the molecule is Cl.O=C(O)N[C@@H]1CCN[C@@H]1Cc1cccc(-c2cccc(F)c2)c1. The Hall–Kier alpha value is -2.11. The van der Waals surface area contributed by atoms with Gasteiger partial charge in [0.25, 0.3) is 0 Å². The van der Waals surface area contributed by atoms with Gasteiger partial charge in [0, 0.05) is 12.1 Å². The predicted octanol–water partition coefficient (Wildman–Crippen LogP) is 3.46. The summed E-state index contributed by atoms with van der Waals surface area (Å²) in [6.45, 7) is 0.805. The number of halogens is 2. The number of amides is 1. The van der Waals surface area contributed by atoms with Gasteiger partial charge in [-0.3, -0.25) is 0 Å². The Morgan fingerprint density at radius 3 is 2.62 bits per heavy atom. The fourth-order valence-electron chi connectivity index (χ4n) is 3.11. The normalized spacial score (nSPS) is 19.5. The van der Waals surface area contributed by atoms with E-state index in [1.54, 1.807) is 6.07 Å². The van der Waals surface area contributed by atoms with E-state index < -0.39 is 6.09 Å². The van der Waals surface area contributed by atoms with Crippen molar-refractivity contribution in [1.82, 2.24) is 10.6 Å². The third-order valence-electron chi connectivity index (χ3n) is 4.20. The fourth-order valence-corrected chi connectivity index (χ4v) is 3.11. The van der Waals surface area contributed by atoms with Crippen LogP contribution in [0, 0.1) is 5.82 Å². The van der Waals surface area contributed by atoms with Gasteiger partial charge in [0.1, 0.15) is 5.82 Å². The smallest absolute Gasteiger partial charge is 0.404 e. The lowest BCUT2D eigenvalue weighted by Gasteiger charge is -2.19. The van der Waals surface area contributed by atoms with E-state index >= 15 is 0 Å². The zero-order chi connectivity index (χ0) is 16.2. The molecule has 0 aliphatic carbocycles. The van der Waals surface area contributed by atoms with Crippen molar-refractivity contribution in [3.8, 4) is 11.1 Å². The van der Waals surface area contributed by atoms with Gasteiger partial charge >= 0.3 is 6.09 Å². The molecule has 2 aromatic rings. The molecule has 0 spiro atoms. The van der Waals surface area contributed by atoms with Gasteiger partial charge in [-0.2, -0.15) is 0 Å². The van der Waals surface area contributed by atoms with Gasteiger partial charge in [-0.25, -0.2) is 9.18 Å². The zero-order valence-corrected chi connectivity index (χ0v) is 13.9. The summed E-state index contributed by atoms with van der Waals surface area (Å²) in [7, 11) is 0. The van der Waals surface area contributed by atoms with Crippen molar-refractivity contribution < 1.29 is 14.3 Å². The minimum Gasteiger partial charge on any atom is -0.465 e. The van der Waals surface area contributed by atoms with Crippen LogP contribution < -0.4 is 10.6 Å². The number of hydrogen-bond donors (Lipinski definition) is 3. The Bertz CT molecular complexity index is 711. The Balaban J connectivity index is 0.00000208. The number of nitrogens with one attached hydrogen (secondary N) is 2. The topological polar surface area (TPSA) is 61.4 Å². The van der Waals surface area contributed by atoms with Crippen LogP contribution in [0.3, 0.4) is 0 Å². The second-order valence-corrected chi connectivity index (χ2v) is 5.82. The lowest BCUT2D eigenvalue weighted by Crippen LogP contribution is -2.44. The molecule has 0 aromatic heterocycles. The standard InChI is InChI=1S/C18H19FN2O2.ClH/c19-15-6-2-5-14(11-15)13-4-1-3-12(9-13)10-17-16(7-8-20-17)21-18(22)23;/h1-6,9,11,16-17,20-21H,7-8,10H2,(H,22,23);1H/t16-,17-;/m1./s1. The second kappa shape index (κ2) is 8.13. The summed E-state index contributed by atoms with van der Waals surface area (Å²) in [4.78, 5) is 10.8. The van der Waals surface area contributed by atoms with Crippen LogP contribution in [0.2, 0.25) is 0 Å². The Morgan fingerprint density at radius 1 is 1.21 bits per heavy atom. The Morgan fingerprint density at radius 2 is 1.92 bits per heavy atom. The average Bonchev–Trinajstić information content (AvgIpc) is 2.94. The molecule has 24 heavy (non-hydrogen) atoms. The van der Waals surface area contributed by atoms with Crippen molar-refractivity contribution in [2.45, 2.75) is 24.9 Å². The molecule has 1 amide bonds. The highest BCUT2D eigenvalue weighted by Crippen LogP contribution is 2.23. The molecule has 1 aliphatic heterocycles. The Kier molecular flexibility index (Phi) is 6.17. The van der Waals surface area contributed by atoms with E-state index in [0.717, 1.165) is 36.1 Å². The van der Waals surface area contributed by atoms with Gasteiger partial charge in [-0.15, -0.1) is 12.4 Å². The van der Waals surface area contributed by atoms with E-state index in [1.807, 2.05) is 30.3 Å². The second-order valence-electron chi connectivity index (χ2n) is 5.82. The van der Waals surface area contributed by atoms with Gasteiger partial charge in [0.15, 0.2) is 0 Å². The number of rotatable bonds is 4. The molecule has 128 valence electrons. The lowest BCUT2D eigenvalue weighted by molar-refractivity contribution is 0.188. The number of carboxylic acid groups (broad SMARTS) is 1. The van der Waals surface area contributed by atoms with Crippen molar-refractivity contribution >= 4 is 18.5 Å². The van der Waals surface area contributed by atoms with Crippen molar-refractivity contribution in [2.24, 2.45) is 0 Å². The summed E-state index contributed by atoms with van der Waals surface area (Å²) < 4.78 is 13.4. The van der Waals surface area contributed by atoms with Crippen LogP contribution in [0.1, 0.15) is 12.0 Å². The van der Waals surface area contributed by atoms with Gasteiger partial charge in [0.2, 0.25) is 0 Å². The van der Waals surface area contributed by atoms with Crippen molar-refractivity contribution in [3.05, 3.63) is 59.9 Å². The first-order valence-corrected chi connectivity index (χ1v) is 7.69. The van der Waals surface area contributed by atoms with E-state index in [2.05, 4.69) is 10.6 Å². The summed E-state index contributed by atoms with van der Waals surface area (Å²) in [5, 5.41) is 14.8. The summed E-state index contributed by atoms with van der Waals surface area (Å²) in [6.07, 6.45) is 0.534. The summed E-state index contributed by atoms with van der Waals surface area (Å²) in [5.41, 5.74) is 2.90. The van der Waals surface area contributed by atoms with E-state index in [9.17, 15) is 9.18 Å². The highest BCUT2D eigenvalue weighted by molar-refractivity contribution is 5.85. The largest absolute Gasteiger partial charge is 0.465 e. The maximum atomic E-state index is 13.4. The first-order valence-electron chi connectivity index (χ1n) is 7.69. The van der Waals surface area contributed by atoms with Crippen LogP contribution in [0.15, 0.2) is 48.5 Å². The van der Waals surface area contributed by atoms with E-state index in [0.29, 0.717) is 0 Å². The molecule has 1 heterocycles. The minimum atomic E-state index is -0.989. The molecule has 1 fully saturated rings. The quantitative estimate of drug-likeness (QED) is 0.791. The van der Waals surface area contributed by atoms with Gasteiger partial charge in [0.05, 0.1) is 0 Å².